The first-order valence-electron chi connectivity index (χ1n) is 3.98. The smallest absolute Gasteiger partial charge is 0.151 e. The zero-order valence-corrected chi connectivity index (χ0v) is 8.09. The summed E-state index contributed by atoms with van der Waals surface area (Å²) in [7, 11) is 0. The highest BCUT2D eigenvalue weighted by atomic mass is 35.5. The third kappa shape index (κ3) is 3.89. The Kier molecular flexibility index (Phi) is 4.47. The van der Waals surface area contributed by atoms with Gasteiger partial charge in [-0.1, -0.05) is 22.8 Å². The van der Waals surface area contributed by atoms with Crippen LogP contribution in [0.15, 0.2) is 23.6 Å². The van der Waals surface area contributed by atoms with E-state index in [-0.39, 0.29) is 0 Å². The highest BCUT2D eigenvalue weighted by Gasteiger charge is 1.89. The molecule has 0 bridgehead atoms. The molecule has 1 heterocycles. The van der Waals surface area contributed by atoms with Gasteiger partial charge in [-0.25, -0.2) is 9.97 Å². The number of halogens is 1. The molecule has 72 valence electrons. The fourth-order valence-corrected chi connectivity index (χ4v) is 0.872. The van der Waals surface area contributed by atoms with Crippen LogP contribution in [-0.4, -0.2) is 16.5 Å². The minimum atomic E-state index is 0.445. The molecule has 0 radical (unpaired) electrons. The number of nitrogens with zero attached hydrogens (tertiary/aromatic N) is 5. The summed E-state index contributed by atoms with van der Waals surface area (Å²) >= 11 is 5.61. The van der Waals surface area contributed by atoms with Gasteiger partial charge in [0.15, 0.2) is 5.82 Å². The van der Waals surface area contributed by atoms with Crippen LogP contribution in [0.5, 0.6) is 0 Å². The number of aromatic nitrogens is 2. The summed E-state index contributed by atoms with van der Waals surface area (Å²) in [6.07, 6.45) is 7.33. The molecule has 6 heteroatoms. The Morgan fingerprint density at radius 3 is 2.86 bits per heavy atom. The Morgan fingerprint density at radius 1 is 1.50 bits per heavy atom. The molecular formula is C8H8ClN5. The van der Waals surface area contributed by atoms with Gasteiger partial charge in [0.05, 0.1) is 5.02 Å². The molecule has 0 unspecified atom stereocenters. The molecule has 5 nitrogen and oxygen atoms in total. The minimum absolute atomic E-state index is 0.445. The summed E-state index contributed by atoms with van der Waals surface area (Å²) < 4.78 is 0. The van der Waals surface area contributed by atoms with E-state index in [1.54, 1.807) is 6.08 Å². The van der Waals surface area contributed by atoms with Crippen LogP contribution in [0.1, 0.15) is 12.2 Å². The number of hydrogen-bond donors (Lipinski definition) is 0. The topological polar surface area (TPSA) is 74.5 Å². The predicted octanol–water partition coefficient (Wildman–Crippen LogP) is 2.84. The van der Waals surface area contributed by atoms with Crippen LogP contribution in [-0.2, 0) is 0 Å². The Bertz CT molecular complexity index is 352. The maximum absolute atomic E-state index is 8.01. The van der Waals surface area contributed by atoms with Gasteiger partial charge in [0.25, 0.3) is 0 Å². The lowest BCUT2D eigenvalue weighted by molar-refractivity contribution is 0.993. The van der Waals surface area contributed by atoms with Crippen molar-refractivity contribution in [2.24, 2.45) is 5.11 Å². The normalized spacial score (nSPS) is 10.1. The second-order valence-corrected chi connectivity index (χ2v) is 2.84. The first-order chi connectivity index (χ1) is 6.83. The van der Waals surface area contributed by atoms with E-state index in [1.165, 1.54) is 12.4 Å². The molecule has 0 aliphatic heterocycles. The lowest BCUT2D eigenvalue weighted by Crippen LogP contribution is -1.84. The second-order valence-electron chi connectivity index (χ2n) is 2.40. The van der Waals surface area contributed by atoms with Crippen molar-refractivity contribution in [2.75, 3.05) is 6.54 Å². The van der Waals surface area contributed by atoms with Crippen LogP contribution in [0.4, 0.5) is 0 Å². The standard InChI is InChI=1S/C8H8ClN5/c9-7-5-11-8(12-6-7)3-1-2-4-13-14-10/h1,3,5-6H,2,4H2. The summed E-state index contributed by atoms with van der Waals surface area (Å²) in [4.78, 5) is 10.6. The van der Waals surface area contributed by atoms with Gasteiger partial charge in [-0.15, -0.1) is 0 Å². The van der Waals surface area contributed by atoms with Crippen molar-refractivity contribution < 1.29 is 0 Å². The Hall–Kier alpha value is -1.58. The first kappa shape index (κ1) is 10.5. The van der Waals surface area contributed by atoms with E-state index in [0.717, 1.165) is 0 Å². The van der Waals surface area contributed by atoms with E-state index in [0.29, 0.717) is 23.8 Å². The SMILES string of the molecule is [N-]=[N+]=NCCC=Cc1ncc(Cl)cn1. The van der Waals surface area contributed by atoms with Gasteiger partial charge in [0.1, 0.15) is 0 Å². The molecule has 0 fully saturated rings. The summed E-state index contributed by atoms with van der Waals surface area (Å²) in [6, 6.07) is 0. The largest absolute Gasteiger partial charge is 0.236 e. The Labute approximate surface area is 86.1 Å². The molecule has 0 N–H and O–H groups in total. The molecule has 0 aromatic carbocycles. The second kappa shape index (κ2) is 5.96. The van der Waals surface area contributed by atoms with Crippen molar-refractivity contribution in [3.05, 3.63) is 39.8 Å². The molecule has 0 aliphatic carbocycles. The predicted molar refractivity (Wildman–Crippen MR) is 54.7 cm³/mol. The van der Waals surface area contributed by atoms with Crippen molar-refractivity contribution in [3.8, 4) is 0 Å². The lowest BCUT2D eigenvalue weighted by atomic mass is 10.3. The van der Waals surface area contributed by atoms with E-state index in [1.807, 2.05) is 6.08 Å². The van der Waals surface area contributed by atoms with E-state index < -0.39 is 0 Å². The molecule has 1 aromatic rings. The van der Waals surface area contributed by atoms with Crippen LogP contribution in [0, 0.1) is 0 Å². The Balaban J connectivity index is 2.43. The maximum Gasteiger partial charge on any atom is 0.151 e. The van der Waals surface area contributed by atoms with Crippen molar-refractivity contribution in [2.45, 2.75) is 6.42 Å². The summed E-state index contributed by atoms with van der Waals surface area (Å²) in [5, 5.41) is 3.89. The number of azide groups is 1. The van der Waals surface area contributed by atoms with Gasteiger partial charge >= 0.3 is 0 Å². The third-order valence-corrected chi connectivity index (χ3v) is 1.56. The van der Waals surface area contributed by atoms with E-state index in [2.05, 4.69) is 20.0 Å². The van der Waals surface area contributed by atoms with Gasteiger partial charge < -0.3 is 0 Å². The molecule has 1 aromatic heterocycles. The van der Waals surface area contributed by atoms with Crippen molar-refractivity contribution in [1.29, 1.82) is 0 Å². The maximum atomic E-state index is 8.01. The van der Waals surface area contributed by atoms with Crippen LogP contribution in [0.3, 0.4) is 0 Å². The average molecular weight is 210 g/mol. The van der Waals surface area contributed by atoms with Crippen molar-refractivity contribution >= 4 is 17.7 Å². The molecule has 0 saturated heterocycles. The molecule has 0 atom stereocenters. The fourth-order valence-electron chi connectivity index (χ4n) is 0.774. The van der Waals surface area contributed by atoms with Crippen molar-refractivity contribution in [3.63, 3.8) is 0 Å². The monoisotopic (exact) mass is 209 g/mol. The molecule has 0 aliphatic rings. The number of hydrogen-bond acceptors (Lipinski definition) is 3. The van der Waals surface area contributed by atoms with Crippen molar-refractivity contribution in [1.82, 2.24) is 9.97 Å². The van der Waals surface area contributed by atoms with Gasteiger partial charge in [-0.05, 0) is 18.0 Å². The van der Waals surface area contributed by atoms with Gasteiger partial charge in [0.2, 0.25) is 0 Å². The highest BCUT2D eigenvalue weighted by Crippen LogP contribution is 2.03. The van der Waals surface area contributed by atoms with E-state index >= 15 is 0 Å². The molecule has 1 rings (SSSR count). The Morgan fingerprint density at radius 2 is 2.21 bits per heavy atom. The van der Waals surface area contributed by atoms with Crippen LogP contribution < -0.4 is 0 Å². The van der Waals surface area contributed by atoms with Crippen LogP contribution in [0.2, 0.25) is 5.02 Å². The minimum Gasteiger partial charge on any atom is -0.236 e. The zero-order valence-electron chi connectivity index (χ0n) is 7.34. The first-order valence-corrected chi connectivity index (χ1v) is 4.35. The van der Waals surface area contributed by atoms with Crippen LogP contribution >= 0.6 is 11.6 Å². The molecule has 0 saturated carbocycles. The summed E-state index contributed by atoms with van der Waals surface area (Å²) in [5.74, 6) is 0.593. The lowest BCUT2D eigenvalue weighted by Gasteiger charge is -1.90. The third-order valence-electron chi connectivity index (χ3n) is 1.37. The average Bonchev–Trinajstić information content (AvgIpc) is 2.21. The van der Waals surface area contributed by atoms with Gasteiger partial charge in [0, 0.05) is 23.9 Å². The molecule has 0 amide bonds. The van der Waals surface area contributed by atoms with Gasteiger partial charge in [-0.2, -0.15) is 0 Å². The molecular weight excluding hydrogens is 202 g/mol. The molecule has 0 spiro atoms. The number of rotatable bonds is 4. The fraction of sp³-hybridized carbons (Fsp3) is 0.250. The molecule has 14 heavy (non-hydrogen) atoms. The highest BCUT2D eigenvalue weighted by molar-refractivity contribution is 6.30. The zero-order chi connectivity index (χ0) is 10.2. The van der Waals surface area contributed by atoms with E-state index in [9.17, 15) is 0 Å². The quantitative estimate of drug-likeness (QED) is 0.331. The summed E-state index contributed by atoms with van der Waals surface area (Å²) in [5.41, 5.74) is 8.01. The van der Waals surface area contributed by atoms with Gasteiger partial charge in [-0.3, -0.25) is 0 Å². The van der Waals surface area contributed by atoms with Crippen LogP contribution in [0.25, 0.3) is 16.5 Å². The van der Waals surface area contributed by atoms with E-state index in [4.69, 9.17) is 17.1 Å². The summed E-state index contributed by atoms with van der Waals surface area (Å²) in [6.45, 7) is 0.445.